The first-order valence-electron chi connectivity index (χ1n) is 11.0. The molecule has 1 aromatic heterocycles. The van der Waals surface area contributed by atoms with Crippen LogP contribution in [0.5, 0.6) is 0 Å². The van der Waals surface area contributed by atoms with Crippen LogP contribution in [-0.4, -0.2) is 21.6 Å². The number of halogens is 1. The highest BCUT2D eigenvalue weighted by molar-refractivity contribution is 6.34. The van der Waals surface area contributed by atoms with Crippen molar-refractivity contribution >= 4 is 40.0 Å². The van der Waals surface area contributed by atoms with Gasteiger partial charge in [-0.15, -0.1) is 0 Å². The van der Waals surface area contributed by atoms with E-state index in [9.17, 15) is 9.59 Å². The van der Waals surface area contributed by atoms with E-state index in [1.165, 1.54) is 0 Å². The summed E-state index contributed by atoms with van der Waals surface area (Å²) in [4.78, 5) is 25.3. The van der Waals surface area contributed by atoms with Crippen LogP contribution in [-0.2, 0) is 11.3 Å². The van der Waals surface area contributed by atoms with Gasteiger partial charge in [0.2, 0.25) is 5.91 Å². The molecule has 176 valence electrons. The second-order valence-electron chi connectivity index (χ2n) is 9.15. The molecule has 0 aliphatic rings. The summed E-state index contributed by atoms with van der Waals surface area (Å²) in [5, 5.41) is 20.4. The molecule has 4 aromatic rings. The van der Waals surface area contributed by atoms with E-state index in [0.29, 0.717) is 28.4 Å². The average molecular weight is 486 g/mol. The maximum Gasteiger partial charge on any atom is 0.257 e. The molecule has 8 heteroatoms. The minimum Gasteiger partial charge on any atom is -0.352 e. The molecular weight excluding hydrogens is 462 g/mol. The quantitative estimate of drug-likeness (QED) is 0.391. The van der Waals surface area contributed by atoms with E-state index >= 15 is 0 Å². The Kier molecular flexibility index (Phi) is 6.59. The molecule has 0 saturated carbocycles. The number of hydrogen-bond acceptors (Lipinski definition) is 4. The van der Waals surface area contributed by atoms with E-state index in [2.05, 4.69) is 21.8 Å². The van der Waals surface area contributed by atoms with E-state index in [1.54, 1.807) is 47.3 Å². The normalized spacial score (nSPS) is 11.2. The maximum absolute atomic E-state index is 13.1. The first-order valence-corrected chi connectivity index (χ1v) is 11.4. The Hall–Kier alpha value is -4.15. The Balaban J connectivity index is 1.58. The zero-order chi connectivity index (χ0) is 25.2. The number of carbonyl (C=O) groups excluding carboxylic acids is 2. The standard InChI is InChI=1S/C27H24ClN5O2/c1-27(2,3)26(35)30-15-18-9-12-22(28)20(13-18)25(34)32-23-5-4-6-24-21(23)16-31-33(24)19-10-7-17(14-29)8-11-19/h4-13,16H,15H2,1-3H3,(H,30,35)(H,32,34). The number of rotatable bonds is 5. The molecule has 0 spiro atoms. The van der Waals surface area contributed by atoms with Crippen molar-refractivity contribution in [3.63, 3.8) is 0 Å². The predicted octanol–water partition coefficient (Wildman–Crippen LogP) is 5.47. The summed E-state index contributed by atoms with van der Waals surface area (Å²) in [5.74, 6) is -0.443. The van der Waals surface area contributed by atoms with Crippen molar-refractivity contribution < 1.29 is 9.59 Å². The van der Waals surface area contributed by atoms with Crippen molar-refractivity contribution in [3.05, 3.63) is 88.6 Å². The van der Waals surface area contributed by atoms with Crippen molar-refractivity contribution in [2.75, 3.05) is 5.32 Å². The summed E-state index contributed by atoms with van der Waals surface area (Å²) in [6, 6.07) is 19.9. The minimum atomic E-state index is -0.506. The average Bonchev–Trinajstić information content (AvgIpc) is 3.28. The number of benzene rings is 3. The van der Waals surface area contributed by atoms with Gasteiger partial charge in [-0.25, -0.2) is 4.68 Å². The minimum absolute atomic E-state index is 0.0793. The third-order valence-electron chi connectivity index (χ3n) is 5.51. The SMILES string of the molecule is CC(C)(C)C(=O)NCc1ccc(Cl)c(C(=O)Nc2cccc3c2cnn3-c2ccc(C#N)cc2)c1. The Morgan fingerprint density at radius 2 is 1.83 bits per heavy atom. The first-order chi connectivity index (χ1) is 16.7. The number of nitriles is 1. The Labute approximate surface area is 208 Å². The second kappa shape index (κ2) is 9.61. The number of nitrogens with one attached hydrogen (secondary N) is 2. The summed E-state index contributed by atoms with van der Waals surface area (Å²) < 4.78 is 1.75. The third-order valence-corrected chi connectivity index (χ3v) is 5.84. The Bertz CT molecular complexity index is 1460. The zero-order valence-electron chi connectivity index (χ0n) is 19.6. The van der Waals surface area contributed by atoms with Crippen LogP contribution in [0.15, 0.2) is 66.9 Å². The van der Waals surface area contributed by atoms with Crippen LogP contribution in [0.25, 0.3) is 16.6 Å². The lowest BCUT2D eigenvalue weighted by atomic mass is 9.95. The van der Waals surface area contributed by atoms with Crippen molar-refractivity contribution in [2.24, 2.45) is 5.41 Å². The summed E-state index contributed by atoms with van der Waals surface area (Å²) in [7, 11) is 0. The van der Waals surface area contributed by atoms with E-state index in [4.69, 9.17) is 16.9 Å². The molecule has 0 aliphatic carbocycles. The highest BCUT2D eigenvalue weighted by Crippen LogP contribution is 2.27. The largest absolute Gasteiger partial charge is 0.352 e. The molecule has 0 fully saturated rings. The molecule has 0 saturated heterocycles. The van der Waals surface area contributed by atoms with Crippen molar-refractivity contribution in [3.8, 4) is 11.8 Å². The van der Waals surface area contributed by atoms with E-state index in [1.807, 2.05) is 45.0 Å². The maximum atomic E-state index is 13.1. The highest BCUT2D eigenvalue weighted by atomic mass is 35.5. The predicted molar refractivity (Wildman–Crippen MR) is 136 cm³/mol. The number of nitrogens with zero attached hydrogens (tertiary/aromatic N) is 3. The fraction of sp³-hybridized carbons (Fsp3) is 0.185. The van der Waals surface area contributed by atoms with Crippen LogP contribution in [0.3, 0.4) is 0 Å². The number of anilines is 1. The van der Waals surface area contributed by atoms with Gasteiger partial charge in [-0.3, -0.25) is 9.59 Å². The highest BCUT2D eigenvalue weighted by Gasteiger charge is 2.21. The number of fused-ring (bicyclic) bond motifs is 1. The number of aromatic nitrogens is 2. The van der Waals surface area contributed by atoms with Gasteiger partial charge in [0.15, 0.2) is 0 Å². The van der Waals surface area contributed by atoms with Gasteiger partial charge in [0, 0.05) is 17.3 Å². The second-order valence-corrected chi connectivity index (χ2v) is 9.56. The van der Waals surface area contributed by atoms with Crippen LogP contribution in [0.4, 0.5) is 5.69 Å². The van der Waals surface area contributed by atoms with Crippen LogP contribution >= 0.6 is 11.6 Å². The Morgan fingerprint density at radius 3 is 2.51 bits per heavy atom. The molecule has 35 heavy (non-hydrogen) atoms. The first kappa shape index (κ1) is 24.0. The number of amides is 2. The smallest absolute Gasteiger partial charge is 0.257 e. The van der Waals surface area contributed by atoms with Crippen LogP contribution in [0, 0.1) is 16.7 Å². The van der Waals surface area contributed by atoms with E-state index in [-0.39, 0.29) is 11.8 Å². The molecular formula is C27H24ClN5O2. The van der Waals surface area contributed by atoms with Gasteiger partial charge in [0.25, 0.3) is 5.91 Å². The van der Waals surface area contributed by atoms with Gasteiger partial charge in [0.1, 0.15) is 0 Å². The summed E-state index contributed by atoms with van der Waals surface area (Å²) in [6.07, 6.45) is 1.68. The third kappa shape index (κ3) is 5.18. The van der Waals surface area contributed by atoms with Crippen molar-refractivity contribution in [2.45, 2.75) is 27.3 Å². The van der Waals surface area contributed by atoms with Gasteiger partial charge >= 0.3 is 0 Å². The lowest BCUT2D eigenvalue weighted by molar-refractivity contribution is -0.128. The molecule has 0 radical (unpaired) electrons. The molecule has 0 unspecified atom stereocenters. The van der Waals surface area contributed by atoms with Gasteiger partial charge in [-0.1, -0.05) is 44.5 Å². The van der Waals surface area contributed by atoms with Gasteiger partial charge < -0.3 is 10.6 Å². The fourth-order valence-electron chi connectivity index (χ4n) is 3.54. The van der Waals surface area contributed by atoms with Crippen LogP contribution < -0.4 is 10.6 Å². The van der Waals surface area contributed by atoms with Crippen LogP contribution in [0.1, 0.15) is 42.3 Å². The molecule has 7 nitrogen and oxygen atoms in total. The zero-order valence-corrected chi connectivity index (χ0v) is 20.3. The molecule has 0 aliphatic heterocycles. The molecule has 2 amide bonds. The molecule has 0 atom stereocenters. The van der Waals surface area contributed by atoms with Crippen LogP contribution in [0.2, 0.25) is 5.02 Å². The number of carbonyl (C=O) groups is 2. The fourth-order valence-corrected chi connectivity index (χ4v) is 3.74. The molecule has 2 N–H and O–H groups in total. The lowest BCUT2D eigenvalue weighted by Crippen LogP contribution is -2.34. The van der Waals surface area contributed by atoms with E-state index < -0.39 is 5.41 Å². The van der Waals surface area contributed by atoms with Crippen molar-refractivity contribution in [1.82, 2.24) is 15.1 Å². The number of hydrogen-bond donors (Lipinski definition) is 2. The summed E-state index contributed by atoms with van der Waals surface area (Å²) >= 11 is 6.33. The Morgan fingerprint density at radius 1 is 1.09 bits per heavy atom. The van der Waals surface area contributed by atoms with E-state index in [0.717, 1.165) is 22.2 Å². The molecule has 1 heterocycles. The van der Waals surface area contributed by atoms with Crippen molar-refractivity contribution in [1.29, 1.82) is 5.26 Å². The van der Waals surface area contributed by atoms with Gasteiger partial charge in [-0.2, -0.15) is 10.4 Å². The summed E-state index contributed by atoms with van der Waals surface area (Å²) in [5.41, 5.74) is 3.33. The summed E-state index contributed by atoms with van der Waals surface area (Å²) in [6.45, 7) is 5.81. The monoisotopic (exact) mass is 485 g/mol. The molecule has 0 bridgehead atoms. The molecule has 3 aromatic carbocycles. The lowest BCUT2D eigenvalue weighted by Gasteiger charge is -2.18. The molecule has 4 rings (SSSR count). The van der Waals surface area contributed by atoms with Gasteiger partial charge in [-0.05, 0) is 54.1 Å². The topological polar surface area (TPSA) is 99.8 Å². The van der Waals surface area contributed by atoms with Gasteiger partial charge in [0.05, 0.1) is 45.3 Å².